The molecule has 0 amide bonds. The van der Waals surface area contributed by atoms with Gasteiger partial charge in [0.05, 0.1) is 6.07 Å². The Bertz CT molecular complexity index is 218. The molecule has 0 unspecified atom stereocenters. The number of rotatable bonds is 1. The number of esters is 1. The van der Waals surface area contributed by atoms with Crippen LogP contribution in [0.15, 0.2) is 25.3 Å². The first-order chi connectivity index (χ1) is 5.87. The van der Waals surface area contributed by atoms with Crippen LogP contribution in [0.2, 0.25) is 0 Å². The van der Waals surface area contributed by atoms with E-state index in [0.29, 0.717) is 0 Å². The van der Waals surface area contributed by atoms with Crippen molar-refractivity contribution in [1.29, 1.82) is 5.26 Å². The van der Waals surface area contributed by atoms with Crippen molar-refractivity contribution in [2.24, 2.45) is 0 Å². The Hall–Kier alpha value is -1.56. The third kappa shape index (κ3) is 17.9. The van der Waals surface area contributed by atoms with E-state index in [-0.39, 0.29) is 5.97 Å². The van der Waals surface area contributed by atoms with Gasteiger partial charge in [-0.15, -0.1) is 0 Å². The average Bonchev–Trinajstić information content (AvgIpc) is 2.02. The number of hydrogen-bond donors (Lipinski definition) is 0. The van der Waals surface area contributed by atoms with Crippen LogP contribution >= 0.6 is 0 Å². The molecule has 0 rings (SSSR count). The summed E-state index contributed by atoms with van der Waals surface area (Å²) in [6.45, 7) is 11.8. The molecule has 0 saturated heterocycles. The second-order valence-corrected chi connectivity index (χ2v) is 3.07. The van der Waals surface area contributed by atoms with Crippen LogP contribution in [-0.2, 0) is 9.53 Å². The highest BCUT2D eigenvalue weighted by molar-refractivity contribution is 5.81. The van der Waals surface area contributed by atoms with Crippen LogP contribution in [-0.4, -0.2) is 11.6 Å². The maximum atomic E-state index is 10.5. The van der Waals surface area contributed by atoms with Crippen molar-refractivity contribution in [3.05, 3.63) is 25.3 Å². The van der Waals surface area contributed by atoms with Gasteiger partial charge in [0.2, 0.25) is 0 Å². The Morgan fingerprint density at radius 1 is 1.46 bits per heavy atom. The molecule has 0 bridgehead atoms. The predicted molar refractivity (Wildman–Crippen MR) is 51.9 cm³/mol. The summed E-state index contributed by atoms with van der Waals surface area (Å²) in [5.74, 6) is -0.373. The molecule has 3 heteroatoms. The van der Waals surface area contributed by atoms with Gasteiger partial charge in [0.1, 0.15) is 5.60 Å². The molecular weight excluding hydrogens is 166 g/mol. The SMILES string of the molecule is C=CC#N.C=CC(=O)OC(C)(C)C. The van der Waals surface area contributed by atoms with E-state index < -0.39 is 5.60 Å². The van der Waals surface area contributed by atoms with Gasteiger partial charge in [0.15, 0.2) is 0 Å². The maximum Gasteiger partial charge on any atom is 0.330 e. The van der Waals surface area contributed by atoms with E-state index in [9.17, 15) is 4.79 Å². The standard InChI is InChI=1S/C7H12O2.C3H3N/c1-5-6(8)9-7(2,3)4;1-2-3-4/h5H,1H2,2-4H3;2H,1H2. The largest absolute Gasteiger partial charge is 0.457 e. The fraction of sp³-hybridized carbons (Fsp3) is 0.400. The van der Waals surface area contributed by atoms with Crippen LogP contribution in [0.25, 0.3) is 0 Å². The van der Waals surface area contributed by atoms with Gasteiger partial charge < -0.3 is 4.74 Å². The van der Waals surface area contributed by atoms with Gasteiger partial charge in [-0.1, -0.05) is 13.2 Å². The molecule has 13 heavy (non-hydrogen) atoms. The minimum Gasteiger partial charge on any atom is -0.457 e. The van der Waals surface area contributed by atoms with Crippen molar-refractivity contribution in [1.82, 2.24) is 0 Å². The number of nitriles is 1. The molecule has 0 aliphatic carbocycles. The molecule has 0 aromatic heterocycles. The zero-order valence-electron chi connectivity index (χ0n) is 8.33. The van der Waals surface area contributed by atoms with E-state index in [1.54, 1.807) is 6.07 Å². The second kappa shape index (κ2) is 7.11. The normalized spacial score (nSPS) is 8.46. The minimum atomic E-state index is -0.398. The van der Waals surface area contributed by atoms with Crippen LogP contribution in [0, 0.1) is 11.3 Å². The van der Waals surface area contributed by atoms with Gasteiger partial charge >= 0.3 is 5.97 Å². The Morgan fingerprint density at radius 3 is 1.92 bits per heavy atom. The van der Waals surface area contributed by atoms with Crippen LogP contribution in [0.5, 0.6) is 0 Å². The van der Waals surface area contributed by atoms with Crippen molar-refractivity contribution in [3.8, 4) is 6.07 Å². The zero-order valence-corrected chi connectivity index (χ0v) is 8.33. The van der Waals surface area contributed by atoms with Crippen LogP contribution < -0.4 is 0 Å². The summed E-state index contributed by atoms with van der Waals surface area (Å²) in [5.41, 5.74) is -0.398. The van der Waals surface area contributed by atoms with Crippen molar-refractivity contribution in [3.63, 3.8) is 0 Å². The van der Waals surface area contributed by atoms with Gasteiger partial charge in [-0.2, -0.15) is 5.26 Å². The number of hydrogen-bond acceptors (Lipinski definition) is 3. The zero-order chi connectivity index (χ0) is 10.9. The molecule has 0 radical (unpaired) electrons. The van der Waals surface area contributed by atoms with Crippen molar-refractivity contribution in [2.45, 2.75) is 26.4 Å². The second-order valence-electron chi connectivity index (χ2n) is 3.07. The molecule has 0 aromatic rings. The lowest BCUT2D eigenvalue weighted by atomic mass is 10.2. The summed E-state index contributed by atoms with van der Waals surface area (Å²) < 4.78 is 4.83. The van der Waals surface area contributed by atoms with Gasteiger partial charge in [0, 0.05) is 12.2 Å². The van der Waals surface area contributed by atoms with E-state index in [2.05, 4.69) is 13.2 Å². The van der Waals surface area contributed by atoms with Gasteiger partial charge in [-0.05, 0) is 20.8 Å². The van der Waals surface area contributed by atoms with Gasteiger partial charge in [-0.3, -0.25) is 0 Å². The molecule has 0 fully saturated rings. The van der Waals surface area contributed by atoms with Crippen molar-refractivity contribution >= 4 is 5.97 Å². The molecule has 0 atom stereocenters. The lowest BCUT2D eigenvalue weighted by molar-refractivity contribution is -0.148. The molecule has 0 saturated carbocycles. The lowest BCUT2D eigenvalue weighted by Gasteiger charge is -2.17. The minimum absolute atomic E-state index is 0.373. The molecular formula is C10H15NO2. The van der Waals surface area contributed by atoms with Gasteiger partial charge in [-0.25, -0.2) is 4.79 Å². The summed E-state index contributed by atoms with van der Waals surface area (Å²) in [6.07, 6.45) is 2.34. The summed E-state index contributed by atoms with van der Waals surface area (Å²) in [5, 5.41) is 7.51. The Kier molecular flexibility index (Phi) is 7.65. The Labute approximate surface area is 79.3 Å². The quantitative estimate of drug-likeness (QED) is 0.354. The number of carbonyl (C=O) groups is 1. The first-order valence-corrected chi connectivity index (χ1v) is 3.73. The van der Waals surface area contributed by atoms with Crippen molar-refractivity contribution in [2.75, 3.05) is 0 Å². The number of ether oxygens (including phenoxy) is 1. The van der Waals surface area contributed by atoms with E-state index in [1.807, 2.05) is 20.8 Å². The molecule has 0 spiro atoms. The molecule has 0 heterocycles. The Balaban J connectivity index is 0. The number of carbonyl (C=O) groups excluding carboxylic acids is 1. The number of allylic oxidation sites excluding steroid dienone is 1. The number of nitrogens with zero attached hydrogens (tertiary/aromatic N) is 1. The molecule has 3 nitrogen and oxygen atoms in total. The molecule has 72 valence electrons. The highest BCUT2D eigenvalue weighted by Gasteiger charge is 2.12. The summed E-state index contributed by atoms with van der Waals surface area (Å²) in [4.78, 5) is 10.5. The van der Waals surface area contributed by atoms with Gasteiger partial charge in [0.25, 0.3) is 0 Å². The van der Waals surface area contributed by atoms with Crippen LogP contribution in [0.3, 0.4) is 0 Å². The first kappa shape index (κ1) is 14.0. The van der Waals surface area contributed by atoms with E-state index in [0.717, 1.165) is 6.08 Å². The fourth-order valence-corrected chi connectivity index (χ4v) is 0.343. The maximum absolute atomic E-state index is 10.5. The summed E-state index contributed by atoms with van der Waals surface area (Å²) in [7, 11) is 0. The smallest absolute Gasteiger partial charge is 0.330 e. The van der Waals surface area contributed by atoms with E-state index in [4.69, 9.17) is 10.00 Å². The molecule has 0 aromatic carbocycles. The van der Waals surface area contributed by atoms with Crippen molar-refractivity contribution < 1.29 is 9.53 Å². The predicted octanol–water partition coefficient (Wildman–Crippen LogP) is 2.21. The molecule has 0 N–H and O–H groups in total. The summed E-state index contributed by atoms with van der Waals surface area (Å²) >= 11 is 0. The van der Waals surface area contributed by atoms with Crippen LogP contribution in [0.1, 0.15) is 20.8 Å². The lowest BCUT2D eigenvalue weighted by Crippen LogP contribution is -2.22. The molecule has 0 aliphatic rings. The first-order valence-electron chi connectivity index (χ1n) is 3.73. The highest BCUT2D eigenvalue weighted by atomic mass is 16.6. The highest BCUT2D eigenvalue weighted by Crippen LogP contribution is 2.06. The fourth-order valence-electron chi connectivity index (χ4n) is 0.343. The monoisotopic (exact) mass is 181 g/mol. The molecule has 0 aliphatic heterocycles. The third-order valence-electron chi connectivity index (χ3n) is 0.665. The topological polar surface area (TPSA) is 50.1 Å². The van der Waals surface area contributed by atoms with Crippen LogP contribution in [0.4, 0.5) is 0 Å². The van der Waals surface area contributed by atoms with E-state index in [1.165, 1.54) is 6.08 Å². The third-order valence-corrected chi connectivity index (χ3v) is 0.665. The van der Waals surface area contributed by atoms with E-state index >= 15 is 0 Å². The Morgan fingerprint density at radius 2 is 1.85 bits per heavy atom. The average molecular weight is 181 g/mol. The summed E-state index contributed by atoms with van der Waals surface area (Å²) in [6, 6.07) is 1.69.